The maximum Gasteiger partial charge on any atom is 0.472 e. The molecule has 0 aromatic rings. The van der Waals surface area contributed by atoms with E-state index >= 15 is 0 Å². The number of ether oxygens (including phenoxy) is 4. The predicted molar refractivity (Wildman–Crippen MR) is 426 cm³/mol. The zero-order valence-corrected chi connectivity index (χ0v) is 66.2. The van der Waals surface area contributed by atoms with Gasteiger partial charge in [-0.25, -0.2) is 9.13 Å². The van der Waals surface area contributed by atoms with E-state index in [1.165, 1.54) is 0 Å². The summed E-state index contributed by atoms with van der Waals surface area (Å²) in [5.74, 6) is -2.31. The van der Waals surface area contributed by atoms with Crippen LogP contribution in [0.3, 0.4) is 0 Å². The van der Waals surface area contributed by atoms with Gasteiger partial charge in [0.15, 0.2) is 12.2 Å². The second-order valence-corrected chi connectivity index (χ2v) is 28.4. The molecule has 0 saturated carbocycles. The van der Waals surface area contributed by atoms with Gasteiger partial charge < -0.3 is 33.8 Å². The number of carbonyl (C=O) groups excluding carboxylic acids is 4. The van der Waals surface area contributed by atoms with Crippen molar-refractivity contribution >= 4 is 39.5 Å². The molecule has 0 spiro atoms. The Kier molecular flexibility index (Phi) is 71.6. The number of hydrogen-bond acceptors (Lipinski definition) is 15. The van der Waals surface area contributed by atoms with Crippen molar-refractivity contribution in [2.24, 2.45) is 0 Å². The SMILES string of the molecule is CC/C=C\C/C=C\C/C=C\C/C=C\C/C=C\CCCC(=O)OCC(COP(=O)(O)OCC(O)COP(=O)(O)OCC(COC(=O)CCCCCCCC/C=C\C/C=C\C/C=C\C/C=C\CC)OC(=O)CCCCCCC/C=C\C/C=C\C/C=C\CC)OC(=O)CCCCCCC/C=C\C/C=C\CCC. The van der Waals surface area contributed by atoms with E-state index in [9.17, 15) is 43.2 Å². The lowest BCUT2D eigenvalue weighted by molar-refractivity contribution is -0.161. The summed E-state index contributed by atoms with van der Waals surface area (Å²) >= 11 is 0. The number of aliphatic hydroxyl groups is 1. The molecular formula is C85H138O17P2. The molecule has 5 atom stereocenters. The molecule has 0 aromatic heterocycles. The average Bonchev–Trinajstić information content (AvgIpc) is 0.918. The third-order valence-electron chi connectivity index (χ3n) is 15.6. The number of aliphatic hydroxyl groups excluding tert-OH is 1. The molecule has 0 rings (SSSR count). The van der Waals surface area contributed by atoms with E-state index in [-0.39, 0.29) is 25.7 Å². The van der Waals surface area contributed by atoms with Crippen LogP contribution in [0.4, 0.5) is 0 Å². The van der Waals surface area contributed by atoms with Crippen molar-refractivity contribution in [1.29, 1.82) is 0 Å². The number of carbonyl (C=O) groups is 4. The molecule has 0 aliphatic carbocycles. The van der Waals surface area contributed by atoms with Crippen LogP contribution in [0.1, 0.15) is 285 Å². The molecule has 3 N–H and O–H groups in total. The fraction of sp³-hybridized carbons (Fsp3) is 0.624. The van der Waals surface area contributed by atoms with Gasteiger partial charge in [-0.05, 0) is 161 Å². The van der Waals surface area contributed by atoms with Gasteiger partial charge in [0.1, 0.15) is 19.3 Å². The summed E-state index contributed by atoms with van der Waals surface area (Å²) in [6.07, 6.45) is 89.1. The second kappa shape index (κ2) is 75.6. The first kappa shape index (κ1) is 98.4. The Balaban J connectivity index is 5.44. The summed E-state index contributed by atoms with van der Waals surface area (Å²) in [5, 5.41) is 10.6. The van der Waals surface area contributed by atoms with Crippen LogP contribution in [0, 0.1) is 0 Å². The number of phosphoric ester groups is 2. The minimum atomic E-state index is -5.00. The first-order chi connectivity index (χ1) is 50.7. The fourth-order valence-corrected chi connectivity index (χ4v) is 11.3. The standard InChI is InChI=1S/C85H138O17P2/c1-5-9-13-17-21-25-29-33-36-38-39-41-44-47-50-54-58-62-66-70-83(88)96-76-81(102-85(90)72-68-64-60-56-52-48-42-35-31-27-23-19-15-11-7-3)78-100-104(93,94)98-74-79(86)73-97-103(91,92)99-77-80(101-84(89)71-67-63-59-55-51-45-32-28-24-20-16-12-8-4)75-95-82(87)69-65-61-57-53-49-46-43-40-37-34-30-26-22-18-14-10-6-2/h9-11,13-16,20-23,25-28,32-37,39,41-43,46,53,57,79-81,86H,5-8,12,17-19,24,29-31,38,40,44-45,47-52,54-56,58-78H2,1-4H3,(H,91,92)(H,93,94)/b13-9-,14-10-,15-11-,20-16-,25-21-,26-22-,27-23-,32-28-,36-33-,37-34-,41-39-,42-35-,46-43-,57-53-. The molecule has 0 aromatic carbocycles. The smallest absolute Gasteiger partial charge is 0.462 e. The molecule has 0 fully saturated rings. The zero-order valence-electron chi connectivity index (χ0n) is 64.4. The van der Waals surface area contributed by atoms with E-state index in [0.717, 1.165) is 199 Å². The Hall–Kier alpha value is -5.58. The van der Waals surface area contributed by atoms with Gasteiger partial charge in [0, 0.05) is 25.7 Å². The summed E-state index contributed by atoms with van der Waals surface area (Å²) in [5.41, 5.74) is 0. The van der Waals surface area contributed by atoms with Crippen molar-refractivity contribution in [2.45, 2.75) is 303 Å². The lowest BCUT2D eigenvalue weighted by Crippen LogP contribution is -2.30. The molecule has 0 saturated heterocycles. The van der Waals surface area contributed by atoms with E-state index in [1.54, 1.807) is 0 Å². The fourth-order valence-electron chi connectivity index (χ4n) is 9.77. The minimum absolute atomic E-state index is 0.0603. The van der Waals surface area contributed by atoms with E-state index < -0.39 is 97.5 Å². The van der Waals surface area contributed by atoms with Crippen LogP contribution in [0.25, 0.3) is 0 Å². The van der Waals surface area contributed by atoms with E-state index in [1.807, 2.05) is 12.2 Å². The van der Waals surface area contributed by atoms with Crippen molar-refractivity contribution < 1.29 is 80.2 Å². The van der Waals surface area contributed by atoms with Crippen LogP contribution in [0.2, 0.25) is 0 Å². The molecule has 590 valence electrons. The second-order valence-electron chi connectivity index (χ2n) is 25.5. The Labute approximate surface area is 629 Å². The highest BCUT2D eigenvalue weighted by atomic mass is 31.2. The molecular weight excluding hydrogens is 1350 g/mol. The predicted octanol–water partition coefficient (Wildman–Crippen LogP) is 23.0. The average molecular weight is 1490 g/mol. The highest BCUT2D eigenvalue weighted by Gasteiger charge is 2.30. The highest BCUT2D eigenvalue weighted by molar-refractivity contribution is 7.47. The van der Waals surface area contributed by atoms with Crippen molar-refractivity contribution in [1.82, 2.24) is 0 Å². The molecule has 0 amide bonds. The number of unbranched alkanes of at least 4 members (excludes halogenated alkanes) is 18. The van der Waals surface area contributed by atoms with Crippen molar-refractivity contribution in [3.05, 3.63) is 170 Å². The van der Waals surface area contributed by atoms with E-state index in [4.69, 9.17) is 37.0 Å². The lowest BCUT2D eigenvalue weighted by atomic mass is 10.1. The number of phosphoric acid groups is 2. The number of rotatable bonds is 72. The number of esters is 4. The van der Waals surface area contributed by atoms with Crippen LogP contribution in [0.5, 0.6) is 0 Å². The molecule has 104 heavy (non-hydrogen) atoms. The first-order valence-corrected chi connectivity index (χ1v) is 42.4. The van der Waals surface area contributed by atoms with Crippen molar-refractivity contribution in [3.8, 4) is 0 Å². The van der Waals surface area contributed by atoms with Gasteiger partial charge in [-0.15, -0.1) is 0 Å². The Morgan fingerprint density at radius 2 is 0.510 bits per heavy atom. The van der Waals surface area contributed by atoms with Crippen LogP contribution in [-0.4, -0.2) is 96.7 Å². The van der Waals surface area contributed by atoms with Crippen LogP contribution in [0.15, 0.2) is 170 Å². The molecule has 0 aliphatic rings. The van der Waals surface area contributed by atoms with Gasteiger partial charge in [0.2, 0.25) is 0 Å². The van der Waals surface area contributed by atoms with Crippen molar-refractivity contribution in [3.63, 3.8) is 0 Å². The molecule has 0 heterocycles. The number of allylic oxidation sites excluding steroid dienone is 28. The normalized spacial score (nSPS) is 14.8. The number of hydrogen-bond donors (Lipinski definition) is 3. The molecule has 17 nitrogen and oxygen atoms in total. The highest BCUT2D eigenvalue weighted by Crippen LogP contribution is 2.45. The van der Waals surface area contributed by atoms with Crippen molar-refractivity contribution in [2.75, 3.05) is 39.6 Å². The molecule has 0 aliphatic heterocycles. The minimum Gasteiger partial charge on any atom is -0.462 e. The van der Waals surface area contributed by atoms with Gasteiger partial charge in [0.05, 0.1) is 26.4 Å². The third-order valence-corrected chi connectivity index (χ3v) is 17.5. The van der Waals surface area contributed by atoms with E-state index in [0.29, 0.717) is 32.1 Å². The van der Waals surface area contributed by atoms with E-state index in [2.05, 4.69) is 186 Å². The topological polar surface area (TPSA) is 237 Å². The summed E-state index contributed by atoms with van der Waals surface area (Å²) in [4.78, 5) is 73.0. The van der Waals surface area contributed by atoms with Gasteiger partial charge >= 0.3 is 39.5 Å². The van der Waals surface area contributed by atoms with Crippen LogP contribution >= 0.6 is 15.6 Å². The Bertz CT molecular complexity index is 2640. The molecule has 5 unspecified atom stereocenters. The van der Waals surface area contributed by atoms with Gasteiger partial charge in [-0.3, -0.25) is 37.3 Å². The van der Waals surface area contributed by atoms with Gasteiger partial charge in [-0.2, -0.15) is 0 Å². The zero-order chi connectivity index (χ0) is 76.0. The third kappa shape index (κ3) is 74.7. The Morgan fingerprint density at radius 1 is 0.279 bits per heavy atom. The summed E-state index contributed by atoms with van der Waals surface area (Å²) in [7, 11) is -10.00. The molecule has 0 radical (unpaired) electrons. The first-order valence-electron chi connectivity index (χ1n) is 39.4. The summed E-state index contributed by atoms with van der Waals surface area (Å²) in [6, 6.07) is 0. The summed E-state index contributed by atoms with van der Waals surface area (Å²) < 4.78 is 68.5. The van der Waals surface area contributed by atoms with Crippen LogP contribution in [-0.2, 0) is 65.4 Å². The monoisotopic (exact) mass is 1490 g/mol. The largest absolute Gasteiger partial charge is 0.472 e. The lowest BCUT2D eigenvalue weighted by Gasteiger charge is -2.21. The maximum absolute atomic E-state index is 13.1. The molecule has 0 bridgehead atoms. The van der Waals surface area contributed by atoms with Gasteiger partial charge in [0.25, 0.3) is 0 Å². The van der Waals surface area contributed by atoms with Crippen LogP contribution < -0.4 is 0 Å². The van der Waals surface area contributed by atoms with Gasteiger partial charge in [-0.1, -0.05) is 268 Å². The quantitative estimate of drug-likeness (QED) is 0.0169. The Morgan fingerprint density at radius 3 is 0.808 bits per heavy atom. The summed E-state index contributed by atoms with van der Waals surface area (Å²) in [6.45, 7) is 4.34. The molecule has 19 heteroatoms. The maximum atomic E-state index is 13.1.